The molecule has 4 heteroatoms. The molecule has 116 valence electrons. The van der Waals surface area contributed by atoms with Gasteiger partial charge in [0.2, 0.25) is 0 Å². The van der Waals surface area contributed by atoms with Crippen molar-refractivity contribution in [2.45, 2.75) is 32.4 Å². The van der Waals surface area contributed by atoms with E-state index in [1.807, 2.05) is 36.4 Å². The lowest BCUT2D eigenvalue weighted by Crippen LogP contribution is -2.11. The zero-order chi connectivity index (χ0) is 16.2. The summed E-state index contributed by atoms with van der Waals surface area (Å²) in [7, 11) is 0. The molecule has 0 amide bonds. The number of aryl methyl sites for hydroxylation is 1. The van der Waals surface area contributed by atoms with Gasteiger partial charge in [0, 0.05) is 6.42 Å². The molecule has 1 atom stereocenters. The van der Waals surface area contributed by atoms with Gasteiger partial charge in [0.15, 0.2) is 0 Å². The maximum absolute atomic E-state index is 10.6. The predicted octanol–water partition coefficient (Wildman–Crippen LogP) is 3.59. The fourth-order valence-electron chi connectivity index (χ4n) is 2.80. The van der Waals surface area contributed by atoms with Crippen molar-refractivity contribution in [3.8, 4) is 6.07 Å². The zero-order valence-corrected chi connectivity index (χ0v) is 13.1. The van der Waals surface area contributed by atoms with E-state index in [0.29, 0.717) is 12.1 Å². The maximum Gasteiger partial charge on any atom is 0.109 e. The second-order valence-electron chi connectivity index (χ2n) is 5.63. The smallest absolute Gasteiger partial charge is 0.109 e. The van der Waals surface area contributed by atoms with Gasteiger partial charge in [-0.1, -0.05) is 31.2 Å². The van der Waals surface area contributed by atoms with Crippen LogP contribution < -0.4 is 0 Å². The Morgan fingerprint density at radius 1 is 1.17 bits per heavy atom. The summed E-state index contributed by atoms with van der Waals surface area (Å²) in [6.45, 7) is 2.59. The van der Waals surface area contributed by atoms with Crippen LogP contribution in [-0.4, -0.2) is 14.7 Å². The molecule has 1 unspecified atom stereocenters. The summed E-state index contributed by atoms with van der Waals surface area (Å²) in [6, 6.07) is 17.2. The SMILES string of the molecule is CCCc1nc2ccccc2n1CC(O)c1ccc(C#N)cc1. The van der Waals surface area contributed by atoms with Crippen LogP contribution in [0.3, 0.4) is 0 Å². The monoisotopic (exact) mass is 305 g/mol. The molecule has 1 N–H and O–H groups in total. The third-order valence-corrected chi connectivity index (χ3v) is 3.99. The molecular formula is C19H19N3O. The average molecular weight is 305 g/mol. The van der Waals surface area contributed by atoms with Crippen molar-refractivity contribution >= 4 is 11.0 Å². The maximum atomic E-state index is 10.6. The third kappa shape index (κ3) is 3.10. The standard InChI is InChI=1S/C19H19N3O/c1-2-5-19-21-16-6-3-4-7-17(16)22(19)13-18(23)15-10-8-14(12-20)9-11-15/h3-4,6-11,18,23H,2,5,13H2,1H3. The first kappa shape index (κ1) is 15.3. The van der Waals surface area contributed by atoms with E-state index >= 15 is 0 Å². The minimum atomic E-state index is -0.629. The molecule has 0 aliphatic rings. The molecule has 4 nitrogen and oxygen atoms in total. The highest BCUT2D eigenvalue weighted by atomic mass is 16.3. The van der Waals surface area contributed by atoms with Crippen molar-refractivity contribution in [3.63, 3.8) is 0 Å². The fraction of sp³-hybridized carbons (Fsp3) is 0.263. The van der Waals surface area contributed by atoms with Crippen LogP contribution in [0.1, 0.15) is 36.4 Å². The molecule has 1 aromatic heterocycles. The molecule has 0 spiro atoms. The lowest BCUT2D eigenvalue weighted by Gasteiger charge is -2.15. The average Bonchev–Trinajstić information content (AvgIpc) is 2.93. The van der Waals surface area contributed by atoms with Crippen LogP contribution in [0.5, 0.6) is 0 Å². The largest absolute Gasteiger partial charge is 0.387 e. The number of hydrogen-bond acceptors (Lipinski definition) is 3. The first-order chi connectivity index (χ1) is 11.2. The van der Waals surface area contributed by atoms with Crippen LogP contribution in [0.25, 0.3) is 11.0 Å². The second kappa shape index (κ2) is 6.64. The van der Waals surface area contributed by atoms with E-state index in [-0.39, 0.29) is 0 Å². The molecule has 23 heavy (non-hydrogen) atoms. The van der Waals surface area contributed by atoms with Crippen molar-refractivity contribution in [3.05, 3.63) is 65.5 Å². The van der Waals surface area contributed by atoms with Gasteiger partial charge in [-0.15, -0.1) is 0 Å². The van der Waals surface area contributed by atoms with Crippen molar-refractivity contribution in [2.24, 2.45) is 0 Å². The van der Waals surface area contributed by atoms with E-state index in [1.165, 1.54) is 0 Å². The van der Waals surface area contributed by atoms with Gasteiger partial charge in [0.1, 0.15) is 5.82 Å². The number of benzene rings is 2. The molecule has 0 saturated heterocycles. The number of aliphatic hydroxyl groups excluding tert-OH is 1. The second-order valence-corrected chi connectivity index (χ2v) is 5.63. The fourth-order valence-corrected chi connectivity index (χ4v) is 2.80. The summed E-state index contributed by atoms with van der Waals surface area (Å²) in [4.78, 5) is 4.69. The molecule has 0 radical (unpaired) electrons. The van der Waals surface area contributed by atoms with Gasteiger partial charge in [0.25, 0.3) is 0 Å². The Morgan fingerprint density at radius 2 is 1.91 bits per heavy atom. The van der Waals surface area contributed by atoms with E-state index < -0.39 is 6.10 Å². The molecule has 0 bridgehead atoms. The summed E-state index contributed by atoms with van der Waals surface area (Å²) < 4.78 is 2.10. The Bertz CT molecular complexity index is 843. The summed E-state index contributed by atoms with van der Waals surface area (Å²) in [5.74, 6) is 1.00. The van der Waals surface area contributed by atoms with E-state index in [2.05, 4.69) is 22.5 Å². The summed E-state index contributed by atoms with van der Waals surface area (Å²) in [5.41, 5.74) is 3.41. The Kier molecular flexibility index (Phi) is 4.40. The highest BCUT2D eigenvalue weighted by molar-refractivity contribution is 5.75. The topological polar surface area (TPSA) is 61.8 Å². The number of para-hydroxylation sites is 2. The highest BCUT2D eigenvalue weighted by Gasteiger charge is 2.15. The molecule has 2 aromatic carbocycles. The van der Waals surface area contributed by atoms with E-state index in [1.54, 1.807) is 12.1 Å². The van der Waals surface area contributed by atoms with Crippen molar-refractivity contribution in [1.82, 2.24) is 9.55 Å². The molecule has 1 heterocycles. The molecule has 0 saturated carbocycles. The minimum Gasteiger partial charge on any atom is -0.387 e. The van der Waals surface area contributed by atoms with Crippen LogP contribution in [0.2, 0.25) is 0 Å². The number of aromatic nitrogens is 2. The molecule has 0 aliphatic carbocycles. The van der Waals surface area contributed by atoms with Crippen LogP contribution in [-0.2, 0) is 13.0 Å². The predicted molar refractivity (Wildman–Crippen MR) is 89.8 cm³/mol. The lowest BCUT2D eigenvalue weighted by atomic mass is 10.1. The van der Waals surface area contributed by atoms with Crippen LogP contribution in [0.4, 0.5) is 0 Å². The summed E-state index contributed by atoms with van der Waals surface area (Å²) >= 11 is 0. The molecule has 3 rings (SSSR count). The van der Waals surface area contributed by atoms with E-state index in [4.69, 9.17) is 5.26 Å². The first-order valence-corrected chi connectivity index (χ1v) is 7.85. The normalized spacial score (nSPS) is 12.2. The summed E-state index contributed by atoms with van der Waals surface area (Å²) in [6.07, 6.45) is 1.27. The zero-order valence-electron chi connectivity index (χ0n) is 13.1. The number of hydrogen-bond donors (Lipinski definition) is 1. The number of nitrogens with zero attached hydrogens (tertiary/aromatic N) is 3. The Balaban J connectivity index is 1.93. The van der Waals surface area contributed by atoms with Gasteiger partial charge in [0.05, 0.1) is 35.3 Å². The van der Waals surface area contributed by atoms with Gasteiger partial charge >= 0.3 is 0 Å². The van der Waals surface area contributed by atoms with Gasteiger partial charge in [-0.05, 0) is 36.2 Å². The molecule has 0 fully saturated rings. The van der Waals surface area contributed by atoms with E-state index in [9.17, 15) is 5.11 Å². The first-order valence-electron chi connectivity index (χ1n) is 7.85. The van der Waals surface area contributed by atoms with Gasteiger partial charge in [-0.25, -0.2) is 4.98 Å². The van der Waals surface area contributed by atoms with Crippen LogP contribution in [0.15, 0.2) is 48.5 Å². The number of aliphatic hydroxyl groups is 1. The van der Waals surface area contributed by atoms with Crippen molar-refractivity contribution < 1.29 is 5.11 Å². The minimum absolute atomic E-state index is 0.460. The van der Waals surface area contributed by atoms with Gasteiger partial charge in [-0.2, -0.15) is 5.26 Å². The molecular weight excluding hydrogens is 286 g/mol. The highest BCUT2D eigenvalue weighted by Crippen LogP contribution is 2.22. The van der Waals surface area contributed by atoms with Gasteiger partial charge in [-0.3, -0.25) is 0 Å². The number of imidazole rings is 1. The van der Waals surface area contributed by atoms with E-state index in [0.717, 1.165) is 35.3 Å². The number of nitriles is 1. The van der Waals surface area contributed by atoms with Crippen LogP contribution in [0, 0.1) is 11.3 Å². The van der Waals surface area contributed by atoms with Crippen molar-refractivity contribution in [1.29, 1.82) is 5.26 Å². The lowest BCUT2D eigenvalue weighted by molar-refractivity contribution is 0.156. The Morgan fingerprint density at radius 3 is 2.61 bits per heavy atom. The van der Waals surface area contributed by atoms with Gasteiger partial charge < -0.3 is 9.67 Å². The quantitative estimate of drug-likeness (QED) is 0.783. The Labute approximate surface area is 135 Å². The van der Waals surface area contributed by atoms with Crippen LogP contribution >= 0.6 is 0 Å². The third-order valence-electron chi connectivity index (χ3n) is 3.99. The molecule has 3 aromatic rings. The number of fused-ring (bicyclic) bond motifs is 1. The van der Waals surface area contributed by atoms with Crippen molar-refractivity contribution in [2.75, 3.05) is 0 Å². The summed E-state index contributed by atoms with van der Waals surface area (Å²) in [5, 5.41) is 19.4. The Hall–Kier alpha value is -2.64. The number of rotatable bonds is 5. The molecule has 0 aliphatic heterocycles.